The Bertz CT molecular complexity index is 1060. The molecule has 3 N–H and O–H groups in total. The van der Waals surface area contributed by atoms with Crippen LogP contribution in [0.15, 0.2) is 36.4 Å². The molecule has 0 radical (unpaired) electrons. The smallest absolute Gasteiger partial charge is 0.257 e. The zero-order valence-electron chi connectivity index (χ0n) is 16.7. The predicted octanol–water partition coefficient (Wildman–Crippen LogP) is 3.62. The summed E-state index contributed by atoms with van der Waals surface area (Å²) in [5.41, 5.74) is 4.00. The van der Waals surface area contributed by atoms with Gasteiger partial charge in [0.2, 0.25) is 5.91 Å². The summed E-state index contributed by atoms with van der Waals surface area (Å²) in [6, 6.07) is 10.1. The topological polar surface area (TPSA) is 83.2 Å². The van der Waals surface area contributed by atoms with Gasteiger partial charge in [-0.05, 0) is 49.6 Å². The van der Waals surface area contributed by atoms with Crippen molar-refractivity contribution < 1.29 is 18.7 Å². The monoisotopic (exact) mass is 397 g/mol. The van der Waals surface area contributed by atoms with Crippen LogP contribution in [-0.2, 0) is 16.0 Å². The van der Waals surface area contributed by atoms with Crippen LogP contribution in [0.1, 0.15) is 23.7 Å². The van der Waals surface area contributed by atoms with Crippen molar-refractivity contribution in [2.24, 2.45) is 0 Å². The highest BCUT2D eigenvalue weighted by molar-refractivity contribution is 5.89. The summed E-state index contributed by atoms with van der Waals surface area (Å²) in [5.74, 6) is -0.221. The average molecular weight is 397 g/mol. The zero-order chi connectivity index (χ0) is 21.0. The SMILES string of the molecule is CC(=O)Nc1cccc(OCC(=O)NCCc2c(C)[nH]c3c(F)ccc(C)c23)c1. The van der Waals surface area contributed by atoms with Crippen molar-refractivity contribution in [2.75, 3.05) is 18.5 Å². The zero-order valence-corrected chi connectivity index (χ0v) is 16.7. The van der Waals surface area contributed by atoms with Gasteiger partial charge in [-0.15, -0.1) is 0 Å². The number of rotatable bonds is 7. The lowest BCUT2D eigenvalue weighted by Gasteiger charge is -2.09. The molecule has 152 valence electrons. The highest BCUT2D eigenvalue weighted by Gasteiger charge is 2.14. The van der Waals surface area contributed by atoms with E-state index < -0.39 is 0 Å². The van der Waals surface area contributed by atoms with Gasteiger partial charge >= 0.3 is 0 Å². The van der Waals surface area contributed by atoms with Gasteiger partial charge in [-0.25, -0.2) is 4.39 Å². The highest BCUT2D eigenvalue weighted by Crippen LogP contribution is 2.27. The molecule has 2 amide bonds. The van der Waals surface area contributed by atoms with Crippen LogP contribution in [0.2, 0.25) is 0 Å². The molecular weight excluding hydrogens is 373 g/mol. The van der Waals surface area contributed by atoms with E-state index in [1.54, 1.807) is 30.3 Å². The first-order valence-corrected chi connectivity index (χ1v) is 9.38. The minimum absolute atomic E-state index is 0.135. The summed E-state index contributed by atoms with van der Waals surface area (Å²) in [5, 5.41) is 6.36. The second-order valence-electron chi connectivity index (χ2n) is 6.94. The van der Waals surface area contributed by atoms with Crippen LogP contribution < -0.4 is 15.4 Å². The predicted molar refractivity (Wildman–Crippen MR) is 111 cm³/mol. The van der Waals surface area contributed by atoms with Crippen molar-refractivity contribution in [2.45, 2.75) is 27.2 Å². The molecule has 0 aliphatic heterocycles. The number of amides is 2. The minimum Gasteiger partial charge on any atom is -0.484 e. The van der Waals surface area contributed by atoms with Gasteiger partial charge in [-0.1, -0.05) is 12.1 Å². The fraction of sp³-hybridized carbons (Fsp3) is 0.273. The van der Waals surface area contributed by atoms with E-state index in [-0.39, 0.29) is 24.2 Å². The Morgan fingerprint density at radius 2 is 1.97 bits per heavy atom. The van der Waals surface area contributed by atoms with Crippen molar-refractivity contribution in [3.8, 4) is 5.75 Å². The number of hydrogen-bond donors (Lipinski definition) is 3. The van der Waals surface area contributed by atoms with Crippen LogP contribution >= 0.6 is 0 Å². The molecule has 29 heavy (non-hydrogen) atoms. The fourth-order valence-electron chi connectivity index (χ4n) is 3.35. The first-order valence-electron chi connectivity index (χ1n) is 9.38. The maximum atomic E-state index is 14.0. The second kappa shape index (κ2) is 8.77. The van der Waals surface area contributed by atoms with Crippen LogP contribution in [0, 0.1) is 19.7 Å². The molecule has 0 unspecified atom stereocenters. The molecule has 0 saturated heterocycles. The maximum absolute atomic E-state index is 14.0. The number of ether oxygens (including phenoxy) is 1. The summed E-state index contributed by atoms with van der Waals surface area (Å²) < 4.78 is 19.5. The van der Waals surface area contributed by atoms with E-state index in [2.05, 4.69) is 15.6 Å². The van der Waals surface area contributed by atoms with E-state index in [0.717, 1.165) is 22.2 Å². The van der Waals surface area contributed by atoms with E-state index >= 15 is 0 Å². The number of anilines is 1. The third-order valence-corrected chi connectivity index (χ3v) is 4.65. The minimum atomic E-state index is -0.279. The number of aromatic amines is 1. The lowest BCUT2D eigenvalue weighted by molar-refractivity contribution is -0.123. The van der Waals surface area contributed by atoms with Crippen LogP contribution in [0.5, 0.6) is 5.75 Å². The summed E-state index contributed by atoms with van der Waals surface area (Å²) in [6.45, 7) is 5.55. The van der Waals surface area contributed by atoms with Gasteiger partial charge in [0.25, 0.3) is 5.91 Å². The normalized spacial score (nSPS) is 10.8. The molecule has 0 spiro atoms. The molecule has 6 nitrogen and oxygen atoms in total. The van der Waals surface area contributed by atoms with Crippen molar-refractivity contribution in [3.63, 3.8) is 0 Å². The van der Waals surface area contributed by atoms with E-state index in [4.69, 9.17) is 4.74 Å². The van der Waals surface area contributed by atoms with Gasteiger partial charge in [0.1, 0.15) is 11.6 Å². The van der Waals surface area contributed by atoms with Gasteiger partial charge in [0.05, 0.1) is 5.52 Å². The van der Waals surface area contributed by atoms with Crippen molar-refractivity contribution in [1.29, 1.82) is 0 Å². The van der Waals surface area contributed by atoms with Gasteiger partial charge in [-0.3, -0.25) is 9.59 Å². The average Bonchev–Trinajstić information content (AvgIpc) is 3.01. The molecule has 0 atom stereocenters. The van der Waals surface area contributed by atoms with Gasteiger partial charge in [0.15, 0.2) is 6.61 Å². The molecule has 3 rings (SSSR count). The van der Waals surface area contributed by atoms with Crippen LogP contribution in [0.4, 0.5) is 10.1 Å². The fourth-order valence-corrected chi connectivity index (χ4v) is 3.35. The quantitative estimate of drug-likeness (QED) is 0.569. The standard InChI is InChI=1S/C22H24FN3O3/c1-13-7-8-19(23)22-21(13)18(14(2)25-22)9-10-24-20(28)12-29-17-6-4-5-16(11-17)26-15(3)27/h4-8,11,25H,9-10,12H2,1-3H3,(H,24,28)(H,26,27). The van der Waals surface area contributed by atoms with Gasteiger partial charge in [-0.2, -0.15) is 0 Å². The Balaban J connectivity index is 1.55. The molecule has 2 aromatic carbocycles. The Labute approximate surface area is 168 Å². The second-order valence-corrected chi connectivity index (χ2v) is 6.94. The number of aryl methyl sites for hydroxylation is 2. The van der Waals surface area contributed by atoms with Crippen molar-refractivity contribution >= 4 is 28.4 Å². The molecular formula is C22H24FN3O3. The van der Waals surface area contributed by atoms with E-state index in [1.165, 1.54) is 13.0 Å². The molecule has 0 fully saturated rings. The number of nitrogens with one attached hydrogen (secondary N) is 3. The molecule has 1 heterocycles. The molecule has 3 aromatic rings. The molecule has 0 aliphatic carbocycles. The summed E-state index contributed by atoms with van der Waals surface area (Å²) in [7, 11) is 0. The number of fused-ring (bicyclic) bond motifs is 1. The molecule has 7 heteroatoms. The summed E-state index contributed by atoms with van der Waals surface area (Å²) >= 11 is 0. The Kier molecular flexibility index (Phi) is 6.16. The highest BCUT2D eigenvalue weighted by atomic mass is 19.1. The summed E-state index contributed by atoms with van der Waals surface area (Å²) in [6.07, 6.45) is 0.583. The maximum Gasteiger partial charge on any atom is 0.257 e. The van der Waals surface area contributed by atoms with Crippen molar-refractivity contribution in [1.82, 2.24) is 10.3 Å². The number of carbonyl (C=O) groups excluding carboxylic acids is 2. The molecule has 1 aromatic heterocycles. The lowest BCUT2D eigenvalue weighted by Crippen LogP contribution is -2.30. The number of benzene rings is 2. The van der Waals surface area contributed by atoms with Gasteiger partial charge < -0.3 is 20.4 Å². The Morgan fingerprint density at radius 1 is 1.17 bits per heavy atom. The number of hydrogen-bond acceptors (Lipinski definition) is 3. The number of H-pyrrole nitrogens is 1. The third-order valence-electron chi connectivity index (χ3n) is 4.65. The molecule has 0 aliphatic rings. The summed E-state index contributed by atoms with van der Waals surface area (Å²) in [4.78, 5) is 26.3. The van der Waals surface area contributed by atoms with Crippen LogP contribution in [-0.4, -0.2) is 29.9 Å². The van der Waals surface area contributed by atoms with Crippen LogP contribution in [0.3, 0.4) is 0 Å². The van der Waals surface area contributed by atoms with Crippen molar-refractivity contribution in [3.05, 3.63) is 59.0 Å². The number of halogens is 1. The number of carbonyl (C=O) groups is 2. The lowest BCUT2D eigenvalue weighted by atomic mass is 10.0. The third kappa shape index (κ3) is 4.93. The van der Waals surface area contributed by atoms with Crippen LogP contribution in [0.25, 0.3) is 10.9 Å². The first-order chi connectivity index (χ1) is 13.8. The molecule has 0 saturated carbocycles. The Morgan fingerprint density at radius 3 is 2.72 bits per heavy atom. The number of aromatic nitrogens is 1. The Hall–Kier alpha value is -3.35. The van der Waals surface area contributed by atoms with Gasteiger partial charge in [0, 0.05) is 36.3 Å². The van der Waals surface area contributed by atoms with E-state index in [0.29, 0.717) is 29.9 Å². The largest absolute Gasteiger partial charge is 0.484 e. The first kappa shape index (κ1) is 20.4. The van der Waals surface area contributed by atoms with E-state index in [1.807, 2.05) is 13.8 Å². The molecule has 0 bridgehead atoms. The van der Waals surface area contributed by atoms with E-state index in [9.17, 15) is 14.0 Å².